The van der Waals surface area contributed by atoms with Crippen LogP contribution >= 0.6 is 11.3 Å². The van der Waals surface area contributed by atoms with Crippen LogP contribution in [0.4, 0.5) is 17.1 Å². The lowest BCUT2D eigenvalue weighted by Crippen LogP contribution is -2.10. The van der Waals surface area contributed by atoms with Crippen molar-refractivity contribution in [1.82, 2.24) is 4.57 Å². The summed E-state index contributed by atoms with van der Waals surface area (Å²) in [6.45, 7) is 0. The van der Waals surface area contributed by atoms with Gasteiger partial charge in [-0.2, -0.15) is 0 Å². The molecule has 0 aliphatic carbocycles. The van der Waals surface area contributed by atoms with E-state index in [2.05, 4.69) is 210 Å². The van der Waals surface area contributed by atoms with Crippen molar-refractivity contribution in [2.24, 2.45) is 0 Å². The van der Waals surface area contributed by atoms with E-state index in [1.807, 2.05) is 17.4 Å². The average Bonchev–Trinajstić information content (AvgIpc) is 3.97. The number of rotatable bonds is 6. The minimum absolute atomic E-state index is 0.865. The molecule has 0 aliphatic heterocycles. The number of fused-ring (bicyclic) bond motifs is 9. The Morgan fingerprint density at radius 2 is 1.05 bits per heavy atom. The van der Waals surface area contributed by atoms with Crippen LogP contribution < -0.4 is 4.90 Å². The number of aromatic nitrogens is 1. The van der Waals surface area contributed by atoms with Crippen molar-refractivity contribution in [2.75, 3.05) is 4.90 Å². The van der Waals surface area contributed by atoms with Gasteiger partial charge in [0.05, 0.1) is 16.7 Å². The van der Waals surface area contributed by atoms with Gasteiger partial charge in [0.25, 0.3) is 0 Å². The number of thiophene rings is 1. The van der Waals surface area contributed by atoms with Gasteiger partial charge in [0.2, 0.25) is 0 Å². The van der Waals surface area contributed by atoms with Gasteiger partial charge in [0.1, 0.15) is 5.58 Å². The van der Waals surface area contributed by atoms with Gasteiger partial charge in [-0.25, -0.2) is 0 Å². The molecule has 0 saturated heterocycles. The number of furan rings is 1. The number of nitrogens with zero attached hydrogens (tertiary/aromatic N) is 2. The first kappa shape index (κ1) is 32.8. The van der Waals surface area contributed by atoms with Crippen molar-refractivity contribution in [3.63, 3.8) is 0 Å². The van der Waals surface area contributed by atoms with E-state index in [1.54, 1.807) is 0 Å². The van der Waals surface area contributed by atoms with Crippen LogP contribution in [0.5, 0.6) is 0 Å². The van der Waals surface area contributed by atoms with Gasteiger partial charge in [-0.05, 0) is 83.4 Å². The lowest BCUT2D eigenvalue weighted by Gasteiger charge is -2.26. The van der Waals surface area contributed by atoms with Crippen LogP contribution in [0.1, 0.15) is 0 Å². The molecule has 0 spiro atoms. The number of anilines is 3. The van der Waals surface area contributed by atoms with E-state index in [1.165, 1.54) is 58.7 Å². The smallest absolute Gasteiger partial charge is 0.159 e. The van der Waals surface area contributed by atoms with Crippen molar-refractivity contribution in [3.05, 3.63) is 206 Å². The summed E-state index contributed by atoms with van der Waals surface area (Å²) in [6, 6.07) is 74.4. The van der Waals surface area contributed by atoms with Crippen LogP contribution in [-0.4, -0.2) is 4.57 Å². The highest BCUT2D eigenvalue weighted by Crippen LogP contribution is 2.46. The van der Waals surface area contributed by atoms with E-state index in [0.717, 1.165) is 50.3 Å². The molecular weight excluding hydrogens is 725 g/mol. The van der Waals surface area contributed by atoms with Gasteiger partial charge in [0.15, 0.2) is 5.58 Å². The quantitative estimate of drug-likeness (QED) is 0.168. The SMILES string of the molecule is c1ccc(-c2cccc(N(c3ccc(-c4cc(-n5c6ccccc6c6ccccc65)cc5c4sc4ccccc45)cc3)c3cccc4c3oc3ccccc34)c2)cc1. The topological polar surface area (TPSA) is 21.3 Å². The second-order valence-electron chi connectivity index (χ2n) is 14.9. The standard InChI is InChI=1S/C54H34N2OS/c1-2-14-35(15-3-1)37-16-12-17-39(32-37)55(50-25-13-22-45-43-20-6-10-26-51(43)57-53(45)50)38-30-28-36(29-31-38)46-33-40(34-47-44-21-7-11-27-52(44)58-54(46)47)56-48-23-8-4-18-41(48)42-19-5-9-24-49(42)56/h1-34H. The molecule has 12 aromatic rings. The summed E-state index contributed by atoms with van der Waals surface area (Å²) in [7, 11) is 0. The molecule has 0 radical (unpaired) electrons. The summed E-state index contributed by atoms with van der Waals surface area (Å²) < 4.78 is 11.7. The zero-order chi connectivity index (χ0) is 38.2. The monoisotopic (exact) mass is 758 g/mol. The Balaban J connectivity index is 1.07. The molecular formula is C54H34N2OS. The molecule has 0 amide bonds. The number of hydrogen-bond donors (Lipinski definition) is 0. The molecule has 3 heterocycles. The van der Waals surface area contributed by atoms with Crippen molar-refractivity contribution >= 4 is 92.3 Å². The molecule has 0 aliphatic rings. The lowest BCUT2D eigenvalue weighted by molar-refractivity contribution is 0.669. The van der Waals surface area contributed by atoms with Crippen molar-refractivity contribution in [3.8, 4) is 27.9 Å². The summed E-state index contributed by atoms with van der Waals surface area (Å²) in [4.78, 5) is 2.34. The Bertz CT molecular complexity index is 3460. The van der Waals surface area contributed by atoms with Crippen molar-refractivity contribution in [2.45, 2.75) is 0 Å². The first-order chi connectivity index (χ1) is 28.8. The van der Waals surface area contributed by atoms with Gasteiger partial charge in [-0.15, -0.1) is 11.3 Å². The normalized spacial score (nSPS) is 11.8. The largest absolute Gasteiger partial charge is 0.454 e. The molecule has 3 aromatic heterocycles. The minimum Gasteiger partial charge on any atom is -0.454 e. The summed E-state index contributed by atoms with van der Waals surface area (Å²) in [5, 5.41) is 7.29. The predicted octanol–water partition coefficient (Wildman–Crippen LogP) is 15.9. The van der Waals surface area contributed by atoms with Gasteiger partial charge in [0, 0.05) is 64.3 Å². The van der Waals surface area contributed by atoms with Crippen molar-refractivity contribution < 1.29 is 4.42 Å². The van der Waals surface area contributed by atoms with E-state index in [-0.39, 0.29) is 0 Å². The van der Waals surface area contributed by atoms with Gasteiger partial charge in [-0.3, -0.25) is 0 Å². The highest BCUT2D eigenvalue weighted by molar-refractivity contribution is 7.26. The molecule has 0 bridgehead atoms. The summed E-state index contributed by atoms with van der Waals surface area (Å²) >= 11 is 1.87. The molecule has 9 aromatic carbocycles. The maximum Gasteiger partial charge on any atom is 0.159 e. The number of benzene rings is 9. The Morgan fingerprint density at radius 3 is 1.84 bits per heavy atom. The molecule has 0 saturated carbocycles. The predicted molar refractivity (Wildman–Crippen MR) is 247 cm³/mol. The fraction of sp³-hybridized carbons (Fsp3) is 0. The van der Waals surface area contributed by atoms with Crippen molar-refractivity contribution in [1.29, 1.82) is 0 Å². The third kappa shape index (κ3) is 5.12. The third-order valence-corrected chi connectivity index (χ3v) is 12.8. The molecule has 58 heavy (non-hydrogen) atoms. The lowest BCUT2D eigenvalue weighted by atomic mass is 10.00. The molecule has 0 fully saturated rings. The maximum atomic E-state index is 6.66. The molecule has 0 atom stereocenters. The molecule has 12 rings (SSSR count). The van der Waals surface area contributed by atoms with E-state index in [9.17, 15) is 0 Å². The van der Waals surface area contributed by atoms with Crippen LogP contribution in [0.15, 0.2) is 211 Å². The zero-order valence-electron chi connectivity index (χ0n) is 31.3. The van der Waals surface area contributed by atoms with Gasteiger partial charge >= 0.3 is 0 Å². The first-order valence-electron chi connectivity index (χ1n) is 19.7. The van der Waals surface area contributed by atoms with Crippen LogP contribution in [0.3, 0.4) is 0 Å². The molecule has 3 nitrogen and oxygen atoms in total. The highest BCUT2D eigenvalue weighted by Gasteiger charge is 2.21. The van der Waals surface area contributed by atoms with Crippen LogP contribution in [0, 0.1) is 0 Å². The molecule has 0 unspecified atom stereocenters. The zero-order valence-corrected chi connectivity index (χ0v) is 32.2. The fourth-order valence-electron chi connectivity index (χ4n) is 8.94. The van der Waals surface area contributed by atoms with Gasteiger partial charge < -0.3 is 13.9 Å². The number of hydrogen-bond acceptors (Lipinski definition) is 3. The second kappa shape index (κ2) is 13.1. The first-order valence-corrected chi connectivity index (χ1v) is 20.5. The van der Waals surface area contributed by atoms with E-state index >= 15 is 0 Å². The van der Waals surface area contributed by atoms with Crippen LogP contribution in [0.2, 0.25) is 0 Å². The maximum absolute atomic E-state index is 6.66. The Hall–Kier alpha value is -7.40. The average molecular weight is 759 g/mol. The summed E-state index contributed by atoms with van der Waals surface area (Å²) in [6.07, 6.45) is 0. The Morgan fingerprint density at radius 1 is 0.414 bits per heavy atom. The van der Waals surface area contributed by atoms with E-state index in [0.29, 0.717) is 0 Å². The second-order valence-corrected chi connectivity index (χ2v) is 15.9. The van der Waals surface area contributed by atoms with Crippen LogP contribution in [-0.2, 0) is 0 Å². The minimum atomic E-state index is 0.865. The Labute approximate surface area is 338 Å². The summed E-state index contributed by atoms with van der Waals surface area (Å²) in [5.41, 5.74) is 13.1. The fourth-order valence-corrected chi connectivity index (χ4v) is 10.2. The highest BCUT2D eigenvalue weighted by atomic mass is 32.1. The molecule has 4 heteroatoms. The molecule has 0 N–H and O–H groups in total. The van der Waals surface area contributed by atoms with E-state index < -0.39 is 0 Å². The third-order valence-electron chi connectivity index (χ3n) is 11.6. The van der Waals surface area contributed by atoms with Crippen LogP contribution in [0.25, 0.3) is 91.9 Å². The Kier molecular flexibility index (Phi) is 7.40. The summed E-state index contributed by atoms with van der Waals surface area (Å²) in [5.74, 6) is 0. The van der Waals surface area contributed by atoms with Gasteiger partial charge in [-0.1, -0.05) is 140 Å². The van der Waals surface area contributed by atoms with E-state index in [4.69, 9.17) is 4.42 Å². The number of para-hydroxylation sites is 4. The molecule has 272 valence electrons.